The zero-order valence-electron chi connectivity index (χ0n) is 8.61. The van der Waals surface area contributed by atoms with Crippen molar-refractivity contribution in [2.75, 3.05) is 7.11 Å². The predicted molar refractivity (Wildman–Crippen MR) is 54.4 cm³/mol. The van der Waals surface area contributed by atoms with Crippen LogP contribution in [0.4, 0.5) is 4.39 Å². The van der Waals surface area contributed by atoms with Crippen LogP contribution in [0.15, 0.2) is 28.8 Å². The monoisotopic (exact) mass is 223 g/mol. The van der Waals surface area contributed by atoms with Crippen molar-refractivity contribution in [3.63, 3.8) is 0 Å². The van der Waals surface area contributed by atoms with Crippen LogP contribution >= 0.6 is 0 Å². The molecular weight excluding hydrogens is 213 g/mol. The molecule has 0 fully saturated rings. The summed E-state index contributed by atoms with van der Waals surface area (Å²) in [6.45, 7) is -0.217. The molecule has 0 spiro atoms. The summed E-state index contributed by atoms with van der Waals surface area (Å²) in [4.78, 5) is 0. The van der Waals surface area contributed by atoms with Crippen LogP contribution in [0.1, 0.15) is 5.76 Å². The Hall–Kier alpha value is -1.88. The van der Waals surface area contributed by atoms with Crippen LogP contribution in [-0.4, -0.2) is 17.4 Å². The van der Waals surface area contributed by atoms with Crippen molar-refractivity contribution in [1.29, 1.82) is 0 Å². The second-order valence-corrected chi connectivity index (χ2v) is 3.19. The largest absolute Gasteiger partial charge is 0.494 e. The lowest BCUT2D eigenvalue weighted by Gasteiger charge is -2.02. The van der Waals surface area contributed by atoms with E-state index in [1.807, 2.05) is 0 Å². The number of benzene rings is 1. The molecular formula is C11H10FNO3. The SMILES string of the molecule is COc1cc(-c2cc(CO)on2)ccc1F. The molecule has 0 unspecified atom stereocenters. The summed E-state index contributed by atoms with van der Waals surface area (Å²) < 4.78 is 22.8. The van der Waals surface area contributed by atoms with Crippen molar-refractivity contribution < 1.29 is 18.8 Å². The number of methoxy groups -OCH3 is 1. The van der Waals surface area contributed by atoms with Gasteiger partial charge in [-0.1, -0.05) is 5.16 Å². The minimum absolute atomic E-state index is 0.144. The van der Waals surface area contributed by atoms with Crippen LogP contribution in [0, 0.1) is 5.82 Å². The van der Waals surface area contributed by atoms with Gasteiger partial charge in [-0.25, -0.2) is 4.39 Å². The molecule has 0 bridgehead atoms. The van der Waals surface area contributed by atoms with Crippen molar-refractivity contribution >= 4 is 0 Å². The van der Waals surface area contributed by atoms with E-state index in [9.17, 15) is 4.39 Å². The third-order valence-corrected chi connectivity index (χ3v) is 2.16. The first kappa shape index (κ1) is 10.6. The molecule has 84 valence electrons. The predicted octanol–water partition coefficient (Wildman–Crippen LogP) is 1.98. The Balaban J connectivity index is 2.40. The Morgan fingerprint density at radius 1 is 1.44 bits per heavy atom. The number of aliphatic hydroxyl groups is 1. The number of rotatable bonds is 3. The van der Waals surface area contributed by atoms with Crippen LogP contribution in [-0.2, 0) is 6.61 Å². The van der Waals surface area contributed by atoms with E-state index in [2.05, 4.69) is 5.16 Å². The third-order valence-electron chi connectivity index (χ3n) is 2.16. The minimum Gasteiger partial charge on any atom is -0.494 e. The molecule has 0 saturated heterocycles. The zero-order valence-corrected chi connectivity index (χ0v) is 8.61. The molecule has 0 saturated carbocycles. The number of halogens is 1. The highest BCUT2D eigenvalue weighted by Gasteiger charge is 2.09. The standard InChI is InChI=1S/C11H10FNO3/c1-15-11-4-7(2-3-9(11)12)10-5-8(6-14)16-13-10/h2-5,14H,6H2,1H3. The fourth-order valence-corrected chi connectivity index (χ4v) is 1.34. The second kappa shape index (κ2) is 4.32. The molecule has 1 aromatic carbocycles. The molecule has 1 aromatic heterocycles. The molecule has 0 aliphatic rings. The van der Waals surface area contributed by atoms with Crippen LogP contribution in [0.25, 0.3) is 11.3 Å². The average Bonchev–Trinajstić information content (AvgIpc) is 2.78. The first-order valence-corrected chi connectivity index (χ1v) is 4.65. The molecule has 5 heteroatoms. The van der Waals surface area contributed by atoms with E-state index in [0.29, 0.717) is 17.0 Å². The van der Waals surface area contributed by atoms with Crippen LogP contribution in [0.3, 0.4) is 0 Å². The fraction of sp³-hybridized carbons (Fsp3) is 0.182. The fourth-order valence-electron chi connectivity index (χ4n) is 1.34. The summed E-state index contributed by atoms with van der Waals surface area (Å²) in [5.41, 5.74) is 1.20. The zero-order chi connectivity index (χ0) is 11.5. The van der Waals surface area contributed by atoms with Crippen molar-refractivity contribution in [3.8, 4) is 17.0 Å². The lowest BCUT2D eigenvalue weighted by molar-refractivity contribution is 0.229. The first-order chi connectivity index (χ1) is 7.74. The Bertz CT molecular complexity index is 496. The molecule has 1 N–H and O–H groups in total. The summed E-state index contributed by atoms with van der Waals surface area (Å²) >= 11 is 0. The van der Waals surface area contributed by atoms with Gasteiger partial charge < -0.3 is 14.4 Å². The van der Waals surface area contributed by atoms with Crippen LogP contribution < -0.4 is 4.74 Å². The number of aliphatic hydroxyl groups excluding tert-OH is 1. The van der Waals surface area contributed by atoms with Gasteiger partial charge in [0.1, 0.15) is 12.3 Å². The summed E-state index contributed by atoms with van der Waals surface area (Å²) in [6.07, 6.45) is 0. The lowest BCUT2D eigenvalue weighted by atomic mass is 10.1. The van der Waals surface area contributed by atoms with Crippen molar-refractivity contribution in [2.45, 2.75) is 6.61 Å². The number of nitrogens with zero attached hydrogens (tertiary/aromatic N) is 1. The smallest absolute Gasteiger partial charge is 0.165 e. The number of aromatic nitrogens is 1. The normalized spacial score (nSPS) is 10.4. The average molecular weight is 223 g/mol. The van der Waals surface area contributed by atoms with Gasteiger partial charge >= 0.3 is 0 Å². The summed E-state index contributed by atoms with van der Waals surface area (Å²) in [6, 6.07) is 5.97. The van der Waals surface area contributed by atoms with Crippen molar-refractivity contribution in [2.24, 2.45) is 0 Å². The van der Waals surface area contributed by atoms with E-state index in [1.165, 1.54) is 19.2 Å². The molecule has 0 aliphatic heterocycles. The second-order valence-electron chi connectivity index (χ2n) is 3.19. The van der Waals surface area contributed by atoms with Gasteiger partial charge in [0, 0.05) is 11.6 Å². The molecule has 2 aromatic rings. The molecule has 0 radical (unpaired) electrons. The highest BCUT2D eigenvalue weighted by molar-refractivity contribution is 5.61. The highest BCUT2D eigenvalue weighted by atomic mass is 19.1. The molecule has 2 rings (SSSR count). The van der Waals surface area contributed by atoms with Gasteiger partial charge in [0.05, 0.1) is 7.11 Å². The van der Waals surface area contributed by atoms with Crippen LogP contribution in [0.2, 0.25) is 0 Å². The summed E-state index contributed by atoms with van der Waals surface area (Å²) in [5.74, 6) is 0.0708. The summed E-state index contributed by atoms with van der Waals surface area (Å²) in [5, 5.41) is 12.6. The van der Waals surface area contributed by atoms with Gasteiger partial charge in [0.15, 0.2) is 17.3 Å². The molecule has 0 atom stereocenters. The van der Waals surface area contributed by atoms with Gasteiger partial charge in [-0.15, -0.1) is 0 Å². The summed E-state index contributed by atoms with van der Waals surface area (Å²) in [7, 11) is 1.39. The van der Waals surface area contributed by atoms with Gasteiger partial charge in [-0.3, -0.25) is 0 Å². The van der Waals surface area contributed by atoms with E-state index in [0.717, 1.165) is 0 Å². The molecule has 0 aliphatic carbocycles. The van der Waals surface area contributed by atoms with Gasteiger partial charge in [-0.2, -0.15) is 0 Å². The van der Waals surface area contributed by atoms with E-state index in [-0.39, 0.29) is 12.4 Å². The van der Waals surface area contributed by atoms with Gasteiger partial charge in [0.25, 0.3) is 0 Å². The van der Waals surface area contributed by atoms with Crippen molar-refractivity contribution in [1.82, 2.24) is 5.16 Å². The Morgan fingerprint density at radius 2 is 2.25 bits per heavy atom. The van der Waals surface area contributed by atoms with Crippen LogP contribution in [0.5, 0.6) is 5.75 Å². The van der Waals surface area contributed by atoms with Crippen molar-refractivity contribution in [3.05, 3.63) is 35.8 Å². The van der Waals surface area contributed by atoms with E-state index >= 15 is 0 Å². The third kappa shape index (κ3) is 1.90. The molecule has 0 amide bonds. The number of ether oxygens (including phenoxy) is 1. The van der Waals surface area contributed by atoms with Gasteiger partial charge in [0.2, 0.25) is 0 Å². The highest BCUT2D eigenvalue weighted by Crippen LogP contribution is 2.25. The lowest BCUT2D eigenvalue weighted by Crippen LogP contribution is -1.88. The molecule has 16 heavy (non-hydrogen) atoms. The molecule has 4 nitrogen and oxygen atoms in total. The van der Waals surface area contributed by atoms with E-state index < -0.39 is 5.82 Å². The number of hydrogen-bond donors (Lipinski definition) is 1. The Kier molecular flexibility index (Phi) is 2.87. The first-order valence-electron chi connectivity index (χ1n) is 4.65. The maximum Gasteiger partial charge on any atom is 0.165 e. The number of hydrogen-bond acceptors (Lipinski definition) is 4. The molecule has 1 heterocycles. The topological polar surface area (TPSA) is 55.5 Å². The Morgan fingerprint density at radius 3 is 2.88 bits per heavy atom. The van der Waals surface area contributed by atoms with E-state index in [1.54, 1.807) is 12.1 Å². The maximum atomic E-state index is 13.1. The van der Waals surface area contributed by atoms with E-state index in [4.69, 9.17) is 14.4 Å². The maximum absolute atomic E-state index is 13.1. The quantitative estimate of drug-likeness (QED) is 0.864. The Labute approximate surface area is 91.3 Å². The van der Waals surface area contributed by atoms with Gasteiger partial charge in [-0.05, 0) is 18.2 Å². The minimum atomic E-state index is -0.433.